The van der Waals surface area contributed by atoms with Crippen molar-refractivity contribution in [1.82, 2.24) is 0 Å². The largest absolute Gasteiger partial charge is 0.497 e. The Morgan fingerprint density at radius 1 is 1.05 bits per heavy atom. The van der Waals surface area contributed by atoms with E-state index in [1.54, 1.807) is 7.11 Å². The zero-order chi connectivity index (χ0) is 15.1. The topological polar surface area (TPSA) is 64.7 Å². The van der Waals surface area contributed by atoms with Gasteiger partial charge in [-0.15, -0.1) is 0 Å². The van der Waals surface area contributed by atoms with Gasteiger partial charge < -0.3 is 10.5 Å². The fourth-order valence-electron chi connectivity index (χ4n) is 1.93. The smallest absolute Gasteiger partial charge is 0.262 e. The van der Waals surface area contributed by atoms with Crippen LogP contribution < -0.4 is 10.5 Å². The normalized spacial score (nSPS) is 11.2. The van der Waals surface area contributed by atoms with Crippen molar-refractivity contribution < 1.29 is 9.53 Å². The van der Waals surface area contributed by atoms with Crippen LogP contribution in [0.1, 0.15) is 11.1 Å². The molecule has 1 amide bonds. The molecule has 0 aliphatic carbocycles. The van der Waals surface area contributed by atoms with E-state index < -0.39 is 5.91 Å². The van der Waals surface area contributed by atoms with E-state index in [9.17, 15) is 4.79 Å². The Balaban J connectivity index is 2.08. The number of nitrogens with zero attached hydrogens (tertiary/aromatic N) is 1. The minimum atomic E-state index is -0.479. The Bertz CT molecular complexity index is 619. The third-order valence-electron chi connectivity index (χ3n) is 3.11. The third-order valence-corrected chi connectivity index (χ3v) is 3.11. The summed E-state index contributed by atoms with van der Waals surface area (Å²) in [5.74, 6) is 0.314. The lowest BCUT2D eigenvalue weighted by molar-refractivity contribution is -0.112. The number of hydrogen-bond donors (Lipinski definition) is 1. The number of methoxy groups -OCH3 is 1. The number of carbonyl (C=O) groups is 1. The predicted octanol–water partition coefficient (Wildman–Crippen LogP) is 2.36. The highest BCUT2D eigenvalue weighted by Gasteiger charge is 2.08. The number of benzene rings is 2. The van der Waals surface area contributed by atoms with E-state index in [2.05, 4.69) is 4.99 Å². The zero-order valence-corrected chi connectivity index (χ0v) is 12.0. The molecule has 0 bridgehead atoms. The maximum Gasteiger partial charge on any atom is 0.262 e. The van der Waals surface area contributed by atoms with E-state index >= 15 is 0 Å². The van der Waals surface area contributed by atoms with Crippen LogP contribution in [0.15, 0.2) is 59.6 Å². The van der Waals surface area contributed by atoms with Gasteiger partial charge in [-0.2, -0.15) is 0 Å². The molecule has 0 aliphatic rings. The zero-order valence-electron chi connectivity index (χ0n) is 12.0. The Kier molecular flexibility index (Phi) is 5.10. The molecule has 0 aromatic heterocycles. The summed E-state index contributed by atoms with van der Waals surface area (Å²) < 4.78 is 5.10. The van der Waals surface area contributed by atoms with Crippen LogP contribution in [-0.4, -0.2) is 18.7 Å². The maximum atomic E-state index is 11.5. The highest BCUT2D eigenvalue weighted by Crippen LogP contribution is 2.12. The van der Waals surface area contributed by atoms with Crippen molar-refractivity contribution >= 4 is 11.6 Å². The van der Waals surface area contributed by atoms with Crippen molar-refractivity contribution in [2.24, 2.45) is 10.7 Å². The molecular formula is C17H18N2O2. The Morgan fingerprint density at radius 3 is 2.29 bits per heavy atom. The monoisotopic (exact) mass is 282 g/mol. The molecule has 2 rings (SSSR count). The third kappa shape index (κ3) is 4.45. The van der Waals surface area contributed by atoms with Crippen molar-refractivity contribution in [2.45, 2.75) is 13.0 Å². The Labute approximate surface area is 124 Å². The van der Waals surface area contributed by atoms with Crippen LogP contribution in [0.4, 0.5) is 0 Å². The van der Waals surface area contributed by atoms with E-state index in [-0.39, 0.29) is 0 Å². The summed E-state index contributed by atoms with van der Waals surface area (Å²) >= 11 is 0. The molecule has 2 N–H and O–H groups in total. The lowest BCUT2D eigenvalue weighted by Gasteiger charge is -2.04. The molecule has 0 atom stereocenters. The van der Waals surface area contributed by atoms with Crippen LogP contribution in [0.2, 0.25) is 0 Å². The summed E-state index contributed by atoms with van der Waals surface area (Å²) in [7, 11) is 1.62. The quantitative estimate of drug-likeness (QED) is 0.827. The van der Waals surface area contributed by atoms with Crippen LogP contribution in [-0.2, 0) is 17.8 Å². The van der Waals surface area contributed by atoms with E-state index in [1.807, 2.05) is 54.6 Å². The second-order valence-electron chi connectivity index (χ2n) is 4.64. The second kappa shape index (κ2) is 7.24. The summed E-state index contributed by atoms with van der Waals surface area (Å²) in [5.41, 5.74) is 7.81. The molecule has 108 valence electrons. The molecule has 0 unspecified atom stereocenters. The molecule has 0 heterocycles. The second-order valence-corrected chi connectivity index (χ2v) is 4.64. The highest BCUT2D eigenvalue weighted by molar-refractivity contribution is 6.38. The van der Waals surface area contributed by atoms with Gasteiger partial charge in [-0.25, -0.2) is 0 Å². The van der Waals surface area contributed by atoms with Crippen LogP contribution in [0.25, 0.3) is 0 Å². The lowest BCUT2D eigenvalue weighted by Crippen LogP contribution is -2.25. The molecule has 0 fully saturated rings. The first-order valence-electron chi connectivity index (χ1n) is 6.69. The van der Waals surface area contributed by atoms with Gasteiger partial charge in [-0.1, -0.05) is 42.5 Å². The Hall–Kier alpha value is -2.62. The summed E-state index contributed by atoms with van der Waals surface area (Å²) in [6.45, 7) is 0.426. The van der Waals surface area contributed by atoms with Gasteiger partial charge in [-0.3, -0.25) is 9.79 Å². The van der Waals surface area contributed by atoms with Crippen LogP contribution in [0.5, 0.6) is 5.75 Å². The number of amides is 1. The van der Waals surface area contributed by atoms with E-state index in [4.69, 9.17) is 10.5 Å². The van der Waals surface area contributed by atoms with Gasteiger partial charge in [0.15, 0.2) is 0 Å². The summed E-state index contributed by atoms with van der Waals surface area (Å²) in [6.07, 6.45) is 0.451. The molecule has 2 aromatic carbocycles. The average Bonchev–Trinajstić information content (AvgIpc) is 2.52. The van der Waals surface area contributed by atoms with E-state index in [0.29, 0.717) is 18.7 Å². The van der Waals surface area contributed by atoms with Gasteiger partial charge in [0.25, 0.3) is 5.91 Å². The van der Waals surface area contributed by atoms with Crippen molar-refractivity contribution in [3.63, 3.8) is 0 Å². The van der Waals surface area contributed by atoms with Crippen molar-refractivity contribution in [2.75, 3.05) is 7.11 Å². The van der Waals surface area contributed by atoms with Gasteiger partial charge in [0.1, 0.15) is 11.5 Å². The summed E-state index contributed by atoms with van der Waals surface area (Å²) in [4.78, 5) is 15.8. The molecule has 0 saturated heterocycles. The highest BCUT2D eigenvalue weighted by atomic mass is 16.5. The molecule has 21 heavy (non-hydrogen) atoms. The van der Waals surface area contributed by atoms with Gasteiger partial charge in [0, 0.05) is 6.42 Å². The fraction of sp³-hybridized carbons (Fsp3) is 0.176. The van der Waals surface area contributed by atoms with Crippen LogP contribution in [0.3, 0.4) is 0 Å². The molecule has 2 aromatic rings. The molecule has 0 aliphatic heterocycles. The molecule has 0 spiro atoms. The standard InChI is InChI=1S/C17H18N2O2/c1-21-15-9-7-14(8-10-15)12-19-16(17(18)20)11-13-5-3-2-4-6-13/h2-10H,11-12H2,1H3,(H2,18,20). The summed E-state index contributed by atoms with van der Waals surface area (Å²) in [6, 6.07) is 17.3. The molecular weight excluding hydrogens is 264 g/mol. The number of ether oxygens (including phenoxy) is 1. The average molecular weight is 282 g/mol. The van der Waals surface area contributed by atoms with Crippen LogP contribution in [0, 0.1) is 0 Å². The van der Waals surface area contributed by atoms with Gasteiger partial charge in [0.2, 0.25) is 0 Å². The SMILES string of the molecule is COc1ccc(CN=C(Cc2ccccc2)C(N)=O)cc1. The van der Waals surface area contributed by atoms with E-state index in [1.165, 1.54) is 0 Å². The first kappa shape index (κ1) is 14.8. The molecule has 0 radical (unpaired) electrons. The van der Waals surface area contributed by atoms with E-state index in [0.717, 1.165) is 16.9 Å². The first-order chi connectivity index (χ1) is 10.2. The molecule has 0 saturated carbocycles. The number of carbonyl (C=O) groups excluding carboxylic acids is 1. The van der Waals surface area contributed by atoms with Gasteiger partial charge in [-0.05, 0) is 23.3 Å². The minimum absolute atomic E-state index is 0.386. The van der Waals surface area contributed by atoms with Crippen LogP contribution >= 0.6 is 0 Å². The lowest BCUT2D eigenvalue weighted by atomic mass is 10.1. The maximum absolute atomic E-state index is 11.5. The van der Waals surface area contributed by atoms with Gasteiger partial charge in [0.05, 0.1) is 13.7 Å². The van der Waals surface area contributed by atoms with Crippen molar-refractivity contribution in [3.05, 3.63) is 65.7 Å². The van der Waals surface area contributed by atoms with Gasteiger partial charge >= 0.3 is 0 Å². The predicted molar refractivity (Wildman–Crippen MR) is 83.5 cm³/mol. The fourth-order valence-corrected chi connectivity index (χ4v) is 1.93. The number of primary amides is 1. The number of nitrogens with two attached hydrogens (primary N) is 1. The molecule has 4 nitrogen and oxygen atoms in total. The number of rotatable bonds is 6. The van der Waals surface area contributed by atoms with Crippen molar-refractivity contribution in [3.8, 4) is 5.75 Å². The number of hydrogen-bond acceptors (Lipinski definition) is 3. The van der Waals surface area contributed by atoms with Crippen molar-refractivity contribution in [1.29, 1.82) is 0 Å². The minimum Gasteiger partial charge on any atom is -0.497 e. The molecule has 4 heteroatoms. The first-order valence-corrected chi connectivity index (χ1v) is 6.69. The Morgan fingerprint density at radius 2 is 1.71 bits per heavy atom. The number of aliphatic imine (C=N–C) groups is 1. The summed E-state index contributed by atoms with van der Waals surface area (Å²) in [5, 5.41) is 0.